The normalized spacial score (nSPS) is 18.4. The number of nitrogens with one attached hydrogen (secondary N) is 2. The summed E-state index contributed by atoms with van der Waals surface area (Å²) in [6.45, 7) is 2.80. The molecular formula is C18H28N4O. The van der Waals surface area contributed by atoms with Gasteiger partial charge in [-0.25, -0.2) is 0 Å². The third-order valence-electron chi connectivity index (χ3n) is 5.15. The van der Waals surface area contributed by atoms with Gasteiger partial charge in [0, 0.05) is 26.7 Å². The molecule has 0 unspecified atom stereocenters. The van der Waals surface area contributed by atoms with Crippen LogP contribution < -0.4 is 21.3 Å². The Labute approximate surface area is 138 Å². The van der Waals surface area contributed by atoms with Gasteiger partial charge in [-0.1, -0.05) is 19.3 Å². The van der Waals surface area contributed by atoms with E-state index in [1.165, 1.54) is 38.5 Å². The number of nitrogen functional groups attached to an aromatic ring is 1. The zero-order valence-corrected chi connectivity index (χ0v) is 14.0. The van der Waals surface area contributed by atoms with Crippen molar-refractivity contribution in [2.45, 2.75) is 38.5 Å². The first-order chi connectivity index (χ1) is 11.2. The van der Waals surface area contributed by atoms with Crippen LogP contribution >= 0.6 is 0 Å². The van der Waals surface area contributed by atoms with Crippen molar-refractivity contribution in [1.29, 1.82) is 0 Å². The van der Waals surface area contributed by atoms with Gasteiger partial charge in [0.15, 0.2) is 0 Å². The van der Waals surface area contributed by atoms with E-state index in [0.717, 1.165) is 31.0 Å². The molecule has 5 nitrogen and oxygen atoms in total. The zero-order valence-electron chi connectivity index (χ0n) is 14.0. The van der Waals surface area contributed by atoms with E-state index in [0.29, 0.717) is 17.2 Å². The van der Waals surface area contributed by atoms with Crippen LogP contribution in [0.2, 0.25) is 0 Å². The average Bonchev–Trinajstić information content (AvgIpc) is 2.53. The molecule has 2 aliphatic rings. The van der Waals surface area contributed by atoms with Gasteiger partial charge in [-0.2, -0.15) is 0 Å². The largest absolute Gasteiger partial charge is 0.397 e. The van der Waals surface area contributed by atoms with Gasteiger partial charge < -0.3 is 21.3 Å². The van der Waals surface area contributed by atoms with Crippen molar-refractivity contribution in [3.8, 4) is 0 Å². The van der Waals surface area contributed by atoms with E-state index in [1.54, 1.807) is 0 Å². The monoisotopic (exact) mass is 316 g/mol. The lowest BCUT2D eigenvalue weighted by molar-refractivity contribution is 0.0944. The molecule has 5 heteroatoms. The second kappa shape index (κ2) is 7.11. The topological polar surface area (TPSA) is 70.4 Å². The zero-order chi connectivity index (χ0) is 16.2. The van der Waals surface area contributed by atoms with E-state index in [4.69, 9.17) is 5.73 Å². The van der Waals surface area contributed by atoms with Gasteiger partial charge in [0.1, 0.15) is 0 Å². The van der Waals surface area contributed by atoms with E-state index in [2.05, 4.69) is 15.5 Å². The maximum atomic E-state index is 12.7. The van der Waals surface area contributed by atoms with E-state index in [1.807, 2.05) is 19.2 Å². The predicted octanol–water partition coefficient (Wildman–Crippen LogP) is 2.83. The van der Waals surface area contributed by atoms with Crippen LogP contribution in [0.5, 0.6) is 0 Å². The van der Waals surface area contributed by atoms with Crippen LogP contribution in [0.15, 0.2) is 12.1 Å². The second-order valence-electron chi connectivity index (χ2n) is 6.76. The molecule has 1 aliphatic carbocycles. The lowest BCUT2D eigenvalue weighted by Crippen LogP contribution is -2.39. The quantitative estimate of drug-likeness (QED) is 0.731. The summed E-state index contributed by atoms with van der Waals surface area (Å²) in [7, 11) is 1.86. The molecule has 0 atom stereocenters. The Morgan fingerprint density at radius 3 is 2.57 bits per heavy atom. The summed E-state index contributed by atoms with van der Waals surface area (Å²) < 4.78 is 0. The van der Waals surface area contributed by atoms with Crippen LogP contribution in [-0.2, 0) is 0 Å². The Hall–Kier alpha value is -1.91. The number of carbonyl (C=O) groups excluding carboxylic acids is 1. The lowest BCUT2D eigenvalue weighted by atomic mass is 9.89. The number of rotatable bonds is 5. The SMILES string of the molecule is CNc1cc(N2CCC2)c(C(=O)NCC2CCCCC2)cc1N. The molecule has 23 heavy (non-hydrogen) atoms. The van der Waals surface area contributed by atoms with Crippen molar-refractivity contribution in [1.82, 2.24) is 5.32 Å². The van der Waals surface area contributed by atoms with Crippen LogP contribution in [0, 0.1) is 5.92 Å². The summed E-state index contributed by atoms with van der Waals surface area (Å²) in [5.74, 6) is 0.640. The molecule has 0 bridgehead atoms. The summed E-state index contributed by atoms with van der Waals surface area (Å²) in [4.78, 5) is 14.9. The Balaban J connectivity index is 1.74. The molecule has 1 heterocycles. The van der Waals surface area contributed by atoms with Crippen molar-refractivity contribution >= 4 is 23.0 Å². The van der Waals surface area contributed by atoms with Gasteiger partial charge in [-0.3, -0.25) is 4.79 Å². The molecule has 1 aliphatic heterocycles. The van der Waals surface area contributed by atoms with Crippen LogP contribution in [0.1, 0.15) is 48.9 Å². The number of amides is 1. The van der Waals surface area contributed by atoms with Gasteiger partial charge in [0.2, 0.25) is 0 Å². The number of benzene rings is 1. The standard InChI is InChI=1S/C18H28N4O/c1-20-16-11-17(22-8-5-9-22)14(10-15(16)19)18(23)21-12-13-6-3-2-4-7-13/h10-11,13,20H,2-9,12,19H2,1H3,(H,21,23). The Kier molecular flexibility index (Phi) is 4.94. The number of hydrogen-bond donors (Lipinski definition) is 3. The molecule has 4 N–H and O–H groups in total. The van der Waals surface area contributed by atoms with Crippen LogP contribution in [-0.4, -0.2) is 32.6 Å². The molecule has 1 aromatic carbocycles. The van der Waals surface area contributed by atoms with Gasteiger partial charge in [-0.15, -0.1) is 0 Å². The highest BCUT2D eigenvalue weighted by Gasteiger charge is 2.23. The molecule has 126 valence electrons. The molecule has 1 saturated carbocycles. The fourth-order valence-electron chi connectivity index (χ4n) is 3.55. The van der Waals surface area contributed by atoms with E-state index in [-0.39, 0.29) is 5.91 Å². The minimum Gasteiger partial charge on any atom is -0.397 e. The maximum absolute atomic E-state index is 12.7. The Morgan fingerprint density at radius 2 is 1.96 bits per heavy atom. The van der Waals surface area contributed by atoms with Crippen molar-refractivity contribution in [2.24, 2.45) is 5.92 Å². The predicted molar refractivity (Wildman–Crippen MR) is 96.1 cm³/mol. The highest BCUT2D eigenvalue weighted by molar-refractivity contribution is 6.02. The van der Waals surface area contributed by atoms with E-state index in [9.17, 15) is 4.79 Å². The molecule has 0 aromatic heterocycles. The molecule has 0 radical (unpaired) electrons. The molecule has 1 saturated heterocycles. The summed E-state index contributed by atoms with van der Waals surface area (Å²) >= 11 is 0. The van der Waals surface area contributed by atoms with Crippen molar-refractivity contribution in [2.75, 3.05) is 42.6 Å². The average molecular weight is 316 g/mol. The van der Waals surface area contributed by atoms with Gasteiger partial charge in [0.25, 0.3) is 5.91 Å². The van der Waals surface area contributed by atoms with Crippen molar-refractivity contribution in [3.63, 3.8) is 0 Å². The molecule has 2 fully saturated rings. The lowest BCUT2D eigenvalue weighted by Gasteiger charge is -2.35. The summed E-state index contributed by atoms with van der Waals surface area (Å²) in [5.41, 5.74) is 9.29. The first-order valence-corrected chi connectivity index (χ1v) is 8.83. The highest BCUT2D eigenvalue weighted by Crippen LogP contribution is 2.32. The van der Waals surface area contributed by atoms with Crippen LogP contribution in [0.25, 0.3) is 0 Å². The summed E-state index contributed by atoms with van der Waals surface area (Å²) in [6.07, 6.45) is 7.58. The fourth-order valence-corrected chi connectivity index (χ4v) is 3.55. The second-order valence-corrected chi connectivity index (χ2v) is 6.76. The van der Waals surface area contributed by atoms with Crippen LogP contribution in [0.4, 0.5) is 17.1 Å². The number of anilines is 3. The molecule has 3 rings (SSSR count). The third-order valence-corrected chi connectivity index (χ3v) is 5.15. The number of nitrogens with zero attached hydrogens (tertiary/aromatic N) is 1. The summed E-state index contributed by atoms with van der Waals surface area (Å²) in [6, 6.07) is 3.82. The summed E-state index contributed by atoms with van der Waals surface area (Å²) in [5, 5.41) is 6.24. The first kappa shape index (κ1) is 16.0. The minimum atomic E-state index is 0.00632. The number of carbonyl (C=O) groups is 1. The van der Waals surface area contributed by atoms with Crippen molar-refractivity contribution in [3.05, 3.63) is 17.7 Å². The molecule has 1 amide bonds. The number of hydrogen-bond acceptors (Lipinski definition) is 4. The van der Waals surface area contributed by atoms with Gasteiger partial charge in [-0.05, 0) is 37.3 Å². The van der Waals surface area contributed by atoms with Gasteiger partial charge in [0.05, 0.1) is 22.6 Å². The molecular weight excluding hydrogens is 288 g/mol. The third kappa shape index (κ3) is 3.54. The minimum absolute atomic E-state index is 0.00632. The molecule has 1 aromatic rings. The fraction of sp³-hybridized carbons (Fsp3) is 0.611. The highest BCUT2D eigenvalue weighted by atomic mass is 16.1. The maximum Gasteiger partial charge on any atom is 0.253 e. The first-order valence-electron chi connectivity index (χ1n) is 8.83. The molecule has 0 spiro atoms. The van der Waals surface area contributed by atoms with Crippen LogP contribution in [0.3, 0.4) is 0 Å². The van der Waals surface area contributed by atoms with Crippen molar-refractivity contribution < 1.29 is 4.79 Å². The Bertz CT molecular complexity index is 562. The number of nitrogens with two attached hydrogens (primary N) is 1. The van der Waals surface area contributed by atoms with E-state index >= 15 is 0 Å². The van der Waals surface area contributed by atoms with E-state index < -0.39 is 0 Å². The van der Waals surface area contributed by atoms with Gasteiger partial charge >= 0.3 is 0 Å². The smallest absolute Gasteiger partial charge is 0.253 e. The Morgan fingerprint density at radius 1 is 1.22 bits per heavy atom.